The first-order chi connectivity index (χ1) is 5.54. The second kappa shape index (κ2) is 5.91. The van der Waals surface area contributed by atoms with Gasteiger partial charge in [0.15, 0.2) is 0 Å². The summed E-state index contributed by atoms with van der Waals surface area (Å²) in [5.41, 5.74) is 0. The molecular formula is C8H15F2NO. The second-order valence-corrected chi connectivity index (χ2v) is 2.83. The maximum Gasteiger partial charge on any atom is 0.238 e. The molecule has 0 saturated carbocycles. The second-order valence-electron chi connectivity index (χ2n) is 2.83. The van der Waals surface area contributed by atoms with Crippen LogP contribution in [0.15, 0.2) is 0 Å². The zero-order chi connectivity index (χ0) is 9.56. The normalized spacial score (nSPS) is 10.4. The van der Waals surface area contributed by atoms with Crippen molar-refractivity contribution in [1.29, 1.82) is 0 Å². The number of carbonyl (C=O) groups is 1. The van der Waals surface area contributed by atoms with Gasteiger partial charge in [0.1, 0.15) is 0 Å². The highest BCUT2D eigenvalue weighted by Crippen LogP contribution is 2.05. The molecule has 0 N–H and O–H groups in total. The average molecular weight is 179 g/mol. The van der Waals surface area contributed by atoms with Gasteiger partial charge < -0.3 is 4.90 Å². The zero-order valence-electron chi connectivity index (χ0n) is 7.52. The van der Waals surface area contributed by atoms with Crippen LogP contribution in [0.25, 0.3) is 0 Å². The summed E-state index contributed by atoms with van der Waals surface area (Å²) in [5.74, 6) is -0.0213. The van der Waals surface area contributed by atoms with E-state index in [-0.39, 0.29) is 12.3 Å². The smallest absolute Gasteiger partial charge is 0.238 e. The Bertz CT molecular complexity index is 139. The highest BCUT2D eigenvalue weighted by Gasteiger charge is 2.04. The van der Waals surface area contributed by atoms with E-state index in [1.807, 2.05) is 0 Å². The molecule has 12 heavy (non-hydrogen) atoms. The van der Waals surface area contributed by atoms with Gasteiger partial charge in [-0.25, -0.2) is 8.78 Å². The number of nitrogens with zero attached hydrogens (tertiary/aromatic N) is 1. The van der Waals surface area contributed by atoms with E-state index in [4.69, 9.17) is 0 Å². The topological polar surface area (TPSA) is 20.3 Å². The molecule has 72 valence electrons. The molecular weight excluding hydrogens is 164 g/mol. The SMILES string of the molecule is CC(=O)N(C)CCCCC(F)F. The summed E-state index contributed by atoms with van der Waals surface area (Å²) in [6, 6.07) is 0. The molecule has 0 aliphatic heterocycles. The first-order valence-corrected chi connectivity index (χ1v) is 4.04. The Hall–Kier alpha value is -0.670. The lowest BCUT2D eigenvalue weighted by Gasteiger charge is -2.13. The summed E-state index contributed by atoms with van der Waals surface area (Å²) in [6.07, 6.45) is -1.14. The lowest BCUT2D eigenvalue weighted by atomic mass is 10.2. The van der Waals surface area contributed by atoms with E-state index < -0.39 is 6.43 Å². The molecule has 4 heteroatoms. The third-order valence-electron chi connectivity index (χ3n) is 1.70. The summed E-state index contributed by atoms with van der Waals surface area (Å²) in [7, 11) is 1.67. The molecule has 2 nitrogen and oxygen atoms in total. The zero-order valence-corrected chi connectivity index (χ0v) is 7.52. The number of alkyl halides is 2. The summed E-state index contributed by atoms with van der Waals surface area (Å²) in [4.78, 5) is 12.2. The van der Waals surface area contributed by atoms with Gasteiger partial charge in [0.2, 0.25) is 12.3 Å². The third kappa shape index (κ3) is 6.07. The Morgan fingerprint density at radius 1 is 1.42 bits per heavy atom. The minimum atomic E-state index is -2.22. The van der Waals surface area contributed by atoms with Crippen molar-refractivity contribution in [2.75, 3.05) is 13.6 Å². The summed E-state index contributed by atoms with van der Waals surface area (Å²) >= 11 is 0. The highest BCUT2D eigenvalue weighted by atomic mass is 19.3. The fraction of sp³-hybridized carbons (Fsp3) is 0.875. The Balaban J connectivity index is 3.25. The Morgan fingerprint density at radius 3 is 2.42 bits per heavy atom. The van der Waals surface area contributed by atoms with E-state index in [0.717, 1.165) is 0 Å². The number of hydrogen-bond donors (Lipinski definition) is 0. The van der Waals surface area contributed by atoms with E-state index in [0.29, 0.717) is 19.4 Å². The first-order valence-electron chi connectivity index (χ1n) is 4.04. The lowest BCUT2D eigenvalue weighted by molar-refractivity contribution is -0.127. The first kappa shape index (κ1) is 11.3. The van der Waals surface area contributed by atoms with E-state index in [9.17, 15) is 13.6 Å². The van der Waals surface area contributed by atoms with E-state index in [1.165, 1.54) is 11.8 Å². The van der Waals surface area contributed by atoms with E-state index in [2.05, 4.69) is 0 Å². The largest absolute Gasteiger partial charge is 0.346 e. The average Bonchev–Trinajstić information content (AvgIpc) is 1.97. The number of amides is 1. The number of rotatable bonds is 5. The molecule has 0 aliphatic rings. The quantitative estimate of drug-likeness (QED) is 0.590. The Kier molecular flexibility index (Phi) is 5.58. The van der Waals surface area contributed by atoms with Crippen molar-refractivity contribution in [1.82, 2.24) is 4.90 Å². The van der Waals surface area contributed by atoms with Gasteiger partial charge in [-0.05, 0) is 12.8 Å². The van der Waals surface area contributed by atoms with Crippen molar-refractivity contribution in [2.24, 2.45) is 0 Å². The van der Waals surface area contributed by atoms with Gasteiger partial charge in [0, 0.05) is 26.9 Å². The van der Waals surface area contributed by atoms with Crippen LogP contribution in [0.3, 0.4) is 0 Å². The summed E-state index contributed by atoms with van der Waals surface area (Å²) < 4.78 is 23.3. The summed E-state index contributed by atoms with van der Waals surface area (Å²) in [6.45, 7) is 2.04. The van der Waals surface area contributed by atoms with Crippen LogP contribution in [0, 0.1) is 0 Å². The molecule has 0 rings (SSSR count). The monoisotopic (exact) mass is 179 g/mol. The molecule has 0 unspecified atom stereocenters. The fourth-order valence-electron chi connectivity index (χ4n) is 0.805. The van der Waals surface area contributed by atoms with Gasteiger partial charge in [-0.1, -0.05) is 0 Å². The van der Waals surface area contributed by atoms with Crippen LogP contribution in [-0.2, 0) is 4.79 Å². The molecule has 0 aliphatic carbocycles. The van der Waals surface area contributed by atoms with Gasteiger partial charge in [-0.2, -0.15) is 0 Å². The molecule has 0 radical (unpaired) electrons. The molecule has 0 aromatic carbocycles. The summed E-state index contributed by atoms with van der Waals surface area (Å²) in [5, 5.41) is 0. The van der Waals surface area contributed by atoms with Crippen molar-refractivity contribution in [2.45, 2.75) is 32.6 Å². The van der Waals surface area contributed by atoms with Gasteiger partial charge in [0.25, 0.3) is 0 Å². The molecule has 1 amide bonds. The molecule has 0 heterocycles. The lowest BCUT2D eigenvalue weighted by Crippen LogP contribution is -2.24. The molecule has 0 atom stereocenters. The van der Waals surface area contributed by atoms with Crippen LogP contribution in [0.1, 0.15) is 26.2 Å². The van der Waals surface area contributed by atoms with Crippen LogP contribution < -0.4 is 0 Å². The molecule has 0 fully saturated rings. The molecule has 0 spiro atoms. The maximum atomic E-state index is 11.6. The van der Waals surface area contributed by atoms with Crippen LogP contribution in [0.5, 0.6) is 0 Å². The Labute approximate surface area is 71.5 Å². The van der Waals surface area contributed by atoms with Crippen molar-refractivity contribution >= 4 is 5.91 Å². The number of halogens is 2. The maximum absolute atomic E-state index is 11.6. The third-order valence-corrected chi connectivity index (χ3v) is 1.70. The Morgan fingerprint density at radius 2 is 2.00 bits per heavy atom. The van der Waals surface area contributed by atoms with Crippen LogP contribution in [0.2, 0.25) is 0 Å². The van der Waals surface area contributed by atoms with Crippen LogP contribution in [-0.4, -0.2) is 30.8 Å². The van der Waals surface area contributed by atoms with Crippen LogP contribution >= 0.6 is 0 Å². The predicted octanol–water partition coefficient (Wildman–Crippen LogP) is 1.90. The number of carbonyl (C=O) groups excluding carboxylic acids is 1. The van der Waals surface area contributed by atoms with Gasteiger partial charge in [-0.15, -0.1) is 0 Å². The number of hydrogen-bond acceptors (Lipinski definition) is 1. The fourth-order valence-corrected chi connectivity index (χ4v) is 0.805. The van der Waals surface area contributed by atoms with Crippen molar-refractivity contribution < 1.29 is 13.6 Å². The number of unbranched alkanes of at least 4 members (excludes halogenated alkanes) is 1. The molecule has 0 bridgehead atoms. The van der Waals surface area contributed by atoms with E-state index in [1.54, 1.807) is 7.05 Å². The standard InChI is InChI=1S/C8H15F2NO/c1-7(12)11(2)6-4-3-5-8(9)10/h8H,3-6H2,1-2H3. The van der Waals surface area contributed by atoms with Gasteiger partial charge >= 0.3 is 0 Å². The van der Waals surface area contributed by atoms with Crippen molar-refractivity contribution in [3.8, 4) is 0 Å². The highest BCUT2D eigenvalue weighted by molar-refractivity contribution is 5.72. The molecule has 0 saturated heterocycles. The molecule has 0 aromatic heterocycles. The van der Waals surface area contributed by atoms with E-state index >= 15 is 0 Å². The predicted molar refractivity (Wildman–Crippen MR) is 43.2 cm³/mol. The van der Waals surface area contributed by atoms with Gasteiger partial charge in [0.05, 0.1) is 0 Å². The molecule has 0 aromatic rings. The van der Waals surface area contributed by atoms with Crippen molar-refractivity contribution in [3.05, 3.63) is 0 Å². The van der Waals surface area contributed by atoms with Crippen molar-refractivity contribution in [3.63, 3.8) is 0 Å². The van der Waals surface area contributed by atoms with Gasteiger partial charge in [-0.3, -0.25) is 4.79 Å². The minimum Gasteiger partial charge on any atom is -0.346 e. The van der Waals surface area contributed by atoms with Crippen LogP contribution in [0.4, 0.5) is 8.78 Å². The minimum absolute atomic E-state index is 0.0213.